The average molecular weight is 764 g/mol. The number of hydrogen-bond donors (Lipinski definition) is 2. The normalized spacial score (nSPS) is 19.3. The van der Waals surface area contributed by atoms with Crippen LogP contribution in [-0.2, 0) is 25.5 Å². The molecule has 3 aromatic rings. The first-order chi connectivity index (χ1) is 21.9. The lowest BCUT2D eigenvalue weighted by atomic mass is 9.78. The number of carbonyl (C=O) groups excluding carboxylic acids is 2. The zero-order valence-electron chi connectivity index (χ0n) is 27.1. The molecule has 0 radical (unpaired) electrons. The lowest BCUT2D eigenvalue weighted by Crippen LogP contribution is -3.00. The number of benzene rings is 3. The van der Waals surface area contributed by atoms with E-state index in [1.165, 1.54) is 24.3 Å². The smallest absolute Gasteiger partial charge is 0.246 e. The minimum absolute atomic E-state index is 0. The number of rotatable bonds is 15. The fraction of sp³-hybridized carbons (Fsp3) is 0.444. The summed E-state index contributed by atoms with van der Waals surface area (Å²) in [6.45, 7) is 2.29. The summed E-state index contributed by atoms with van der Waals surface area (Å²) in [5, 5.41) is 13.6. The monoisotopic (exact) mass is 763 g/mol. The van der Waals surface area contributed by atoms with Crippen molar-refractivity contribution in [1.29, 1.82) is 0 Å². The molecule has 47 heavy (non-hydrogen) atoms. The molecule has 0 saturated carbocycles. The van der Waals surface area contributed by atoms with E-state index in [-0.39, 0.29) is 66.0 Å². The topological polar surface area (TPSA) is 88.1 Å². The summed E-state index contributed by atoms with van der Waals surface area (Å²) in [5.41, 5.74) is 2.75. The molecule has 2 saturated heterocycles. The molecule has 5 rings (SSSR count). The number of carbonyl (C=O) groups is 2. The zero-order chi connectivity index (χ0) is 32.9. The molecule has 2 amide bonds. The Bertz CT molecular complexity index is 1480. The van der Waals surface area contributed by atoms with Gasteiger partial charge >= 0.3 is 0 Å². The second-order valence-electron chi connectivity index (χ2n) is 13.5. The number of quaternary nitrogens is 1. The summed E-state index contributed by atoms with van der Waals surface area (Å²) in [6.07, 6.45) is 1.38. The molecule has 2 fully saturated rings. The van der Waals surface area contributed by atoms with E-state index in [0.29, 0.717) is 50.3 Å². The first kappa shape index (κ1) is 36.9. The Labute approximate surface area is 292 Å². The summed E-state index contributed by atoms with van der Waals surface area (Å²) < 4.78 is 39.3. The Morgan fingerprint density at radius 1 is 1.02 bits per heavy atom. The lowest BCUT2D eigenvalue weighted by Gasteiger charge is -2.48. The number of β-lactam (4-membered cyclic amide) rings is 1. The van der Waals surface area contributed by atoms with Gasteiger partial charge in [0.2, 0.25) is 11.8 Å². The van der Waals surface area contributed by atoms with Gasteiger partial charge < -0.3 is 53.3 Å². The van der Waals surface area contributed by atoms with E-state index in [1.807, 2.05) is 24.3 Å². The van der Waals surface area contributed by atoms with Crippen molar-refractivity contribution < 1.29 is 61.4 Å². The Morgan fingerprint density at radius 3 is 2.21 bits per heavy atom. The fourth-order valence-electron chi connectivity index (χ4n) is 5.97. The fourth-order valence-corrected chi connectivity index (χ4v) is 5.97. The quantitative estimate of drug-likeness (QED) is 0.140. The van der Waals surface area contributed by atoms with E-state index < -0.39 is 11.7 Å². The van der Waals surface area contributed by atoms with E-state index in [2.05, 4.69) is 26.5 Å². The third-order valence-electron chi connectivity index (χ3n) is 8.86. The molecule has 2 heterocycles. The Kier molecular flexibility index (Phi) is 12.5. The third kappa shape index (κ3) is 9.56. The molecule has 3 atom stereocenters. The van der Waals surface area contributed by atoms with Crippen LogP contribution in [0.1, 0.15) is 48.1 Å². The van der Waals surface area contributed by atoms with Gasteiger partial charge in [0.1, 0.15) is 23.8 Å². The van der Waals surface area contributed by atoms with E-state index in [9.17, 15) is 23.5 Å². The van der Waals surface area contributed by atoms with Crippen LogP contribution in [0, 0.1) is 17.6 Å². The van der Waals surface area contributed by atoms with Crippen LogP contribution in [-0.4, -0.2) is 81.1 Å². The van der Waals surface area contributed by atoms with Gasteiger partial charge in [0.15, 0.2) is 0 Å². The Hall–Kier alpha value is -2.97. The van der Waals surface area contributed by atoms with Crippen LogP contribution >= 0.6 is 0 Å². The highest BCUT2D eigenvalue weighted by molar-refractivity contribution is 6.03. The maximum Gasteiger partial charge on any atom is 0.246 e. The Balaban J connectivity index is 0.00000500. The van der Waals surface area contributed by atoms with Gasteiger partial charge in [0.25, 0.3) is 0 Å². The molecular weight excluding hydrogens is 719 g/mol. The summed E-state index contributed by atoms with van der Waals surface area (Å²) in [7, 11) is 6.22. The number of halogens is 3. The number of nitrogens with zero attached hydrogens (tertiary/aromatic N) is 2. The zero-order valence-corrected chi connectivity index (χ0v) is 29.3. The van der Waals surface area contributed by atoms with Crippen molar-refractivity contribution in [2.75, 3.05) is 59.0 Å². The largest absolute Gasteiger partial charge is 1.00 e. The molecule has 0 spiro atoms. The van der Waals surface area contributed by atoms with Crippen LogP contribution in [0.2, 0.25) is 0 Å². The van der Waals surface area contributed by atoms with Gasteiger partial charge in [0, 0.05) is 5.69 Å². The number of aliphatic hydroxyl groups is 1. The number of anilines is 1. The van der Waals surface area contributed by atoms with Crippen molar-refractivity contribution in [3.8, 4) is 0 Å². The molecule has 8 nitrogen and oxygen atoms in total. The molecule has 11 heteroatoms. The summed E-state index contributed by atoms with van der Waals surface area (Å²) in [5.74, 6) is -1.35. The number of amides is 2. The minimum Gasteiger partial charge on any atom is -1.00 e. The lowest BCUT2D eigenvalue weighted by molar-refractivity contribution is -0.869. The van der Waals surface area contributed by atoms with Gasteiger partial charge in [-0.2, -0.15) is 0 Å². The van der Waals surface area contributed by atoms with Crippen molar-refractivity contribution in [1.82, 2.24) is 5.32 Å². The van der Waals surface area contributed by atoms with Gasteiger partial charge in [-0.05, 0) is 78.8 Å². The number of ether oxygens (including phenoxy) is 2. The van der Waals surface area contributed by atoms with Gasteiger partial charge in [0.05, 0.1) is 65.5 Å². The van der Waals surface area contributed by atoms with E-state index in [0.717, 1.165) is 28.6 Å². The molecule has 254 valence electrons. The molecule has 2 aliphatic rings. The maximum atomic E-state index is 13.7. The second kappa shape index (κ2) is 16.0. The molecule has 0 aromatic heterocycles. The van der Waals surface area contributed by atoms with Gasteiger partial charge in [-0.25, -0.2) is 8.78 Å². The van der Waals surface area contributed by atoms with Crippen LogP contribution in [0.15, 0.2) is 72.8 Å². The van der Waals surface area contributed by atoms with Crippen molar-refractivity contribution in [3.05, 3.63) is 101 Å². The predicted octanol–water partition coefficient (Wildman–Crippen LogP) is 1.73. The molecule has 2 aliphatic heterocycles. The van der Waals surface area contributed by atoms with Crippen molar-refractivity contribution in [2.24, 2.45) is 5.92 Å². The highest BCUT2D eigenvalue weighted by Crippen LogP contribution is 2.46. The van der Waals surface area contributed by atoms with E-state index in [4.69, 9.17) is 9.47 Å². The van der Waals surface area contributed by atoms with Crippen molar-refractivity contribution >= 4 is 17.5 Å². The highest BCUT2D eigenvalue weighted by atomic mass is 127. The number of hydrogen-bond acceptors (Lipinski definition) is 5. The predicted molar refractivity (Wildman–Crippen MR) is 171 cm³/mol. The van der Waals surface area contributed by atoms with Crippen LogP contribution in [0.5, 0.6) is 0 Å². The average Bonchev–Trinajstić information content (AvgIpc) is 3.00. The van der Waals surface area contributed by atoms with Crippen LogP contribution in [0.25, 0.3) is 0 Å². The van der Waals surface area contributed by atoms with Gasteiger partial charge in [-0.15, -0.1) is 0 Å². The first-order valence-corrected chi connectivity index (χ1v) is 15.8. The first-order valence-electron chi connectivity index (χ1n) is 15.8. The van der Waals surface area contributed by atoms with Gasteiger partial charge in [-0.3, -0.25) is 9.59 Å². The standard InChI is InChI=1S/C36H43F2N3O5.HI/c1-41(2,3)21-20-39-33(43)22-46-36(23-45-24-36)19-18-25-4-6-27(7-5-25)34-31(16-17-32(42)26-8-10-28(37)11-9-26)35(44)40(34)30-14-12-29(38)13-15-30;/h4-15,31-32,34,42H,16-24H2,1-3H3;1H/t31-,32?,34-;/m1./s1. The van der Waals surface area contributed by atoms with E-state index >= 15 is 0 Å². The van der Waals surface area contributed by atoms with Crippen LogP contribution in [0.4, 0.5) is 14.5 Å². The Morgan fingerprint density at radius 2 is 1.64 bits per heavy atom. The molecule has 0 bridgehead atoms. The van der Waals surface area contributed by atoms with Crippen LogP contribution in [0.3, 0.4) is 0 Å². The van der Waals surface area contributed by atoms with Gasteiger partial charge in [-0.1, -0.05) is 36.4 Å². The number of nitrogens with one attached hydrogen (secondary N) is 1. The maximum absolute atomic E-state index is 13.7. The third-order valence-corrected chi connectivity index (χ3v) is 8.86. The van der Waals surface area contributed by atoms with E-state index in [1.54, 1.807) is 29.2 Å². The molecule has 0 aliphatic carbocycles. The number of aliphatic hydroxyl groups excluding tert-OH is 1. The van der Waals surface area contributed by atoms with Crippen molar-refractivity contribution in [3.63, 3.8) is 0 Å². The molecule has 2 N–H and O–H groups in total. The van der Waals surface area contributed by atoms with Crippen LogP contribution < -0.4 is 34.2 Å². The number of aryl methyl sites for hydroxylation is 1. The second-order valence-corrected chi connectivity index (χ2v) is 13.5. The van der Waals surface area contributed by atoms with Crippen molar-refractivity contribution in [2.45, 2.75) is 43.4 Å². The minimum atomic E-state index is -0.824. The SMILES string of the molecule is C[N+](C)(C)CCNC(=O)COC1(CCc2ccc([C@@H]3[C@@H](CCC(O)c4ccc(F)cc4)C(=O)N3c3ccc(F)cc3)cc2)COC1.[I-]. The number of likely N-dealkylation sites (N-methyl/N-ethyl adjacent to an activating group) is 1. The molecular formula is C36H44F2IN3O5. The highest BCUT2D eigenvalue weighted by Gasteiger charge is 2.48. The molecule has 1 unspecified atom stereocenters. The summed E-state index contributed by atoms with van der Waals surface area (Å²) >= 11 is 0. The molecule has 3 aromatic carbocycles. The summed E-state index contributed by atoms with van der Waals surface area (Å²) in [4.78, 5) is 27.4. The summed E-state index contributed by atoms with van der Waals surface area (Å²) in [6, 6.07) is 19.4.